The number of hydrogen-bond donors (Lipinski definition) is 1. The number of rotatable bonds is 9. The average Bonchev–Trinajstić information content (AvgIpc) is 2.88. The van der Waals surface area contributed by atoms with Crippen LogP contribution in [0.1, 0.15) is 73.6 Å². The van der Waals surface area contributed by atoms with Gasteiger partial charge in [0, 0.05) is 18.6 Å². The Morgan fingerprint density at radius 1 is 1.15 bits per heavy atom. The lowest BCUT2D eigenvalue weighted by molar-refractivity contribution is 0.102. The highest BCUT2D eigenvalue weighted by Crippen LogP contribution is 2.29. The Labute approximate surface area is 127 Å². The van der Waals surface area contributed by atoms with Crippen LogP contribution in [-0.4, -0.2) is 36.6 Å². The summed E-state index contributed by atoms with van der Waals surface area (Å²) in [5, 5.41) is 3.62. The highest BCUT2D eigenvalue weighted by Gasteiger charge is 2.31. The normalized spacial score (nSPS) is 19.2. The summed E-state index contributed by atoms with van der Waals surface area (Å²) in [6, 6.07) is 1.43. The molecular formula is C18H38N2. The maximum atomic E-state index is 3.62. The minimum absolute atomic E-state index is 0.343. The zero-order chi connectivity index (χ0) is 15.2. The van der Waals surface area contributed by atoms with Gasteiger partial charge in [0.1, 0.15) is 0 Å². The van der Waals surface area contributed by atoms with Crippen molar-refractivity contribution >= 4 is 0 Å². The summed E-state index contributed by atoms with van der Waals surface area (Å²) in [6.45, 7) is 17.7. The van der Waals surface area contributed by atoms with E-state index in [1.54, 1.807) is 0 Å². The van der Waals surface area contributed by atoms with Crippen molar-refractivity contribution < 1.29 is 0 Å². The van der Waals surface area contributed by atoms with Crippen molar-refractivity contribution in [3.8, 4) is 0 Å². The second kappa shape index (κ2) is 8.38. The van der Waals surface area contributed by atoms with Crippen LogP contribution in [-0.2, 0) is 0 Å². The Hall–Kier alpha value is -0.0800. The minimum atomic E-state index is 0.343. The summed E-state index contributed by atoms with van der Waals surface area (Å²) >= 11 is 0. The molecule has 1 unspecified atom stereocenters. The van der Waals surface area contributed by atoms with Gasteiger partial charge in [-0.2, -0.15) is 0 Å². The Morgan fingerprint density at radius 2 is 1.75 bits per heavy atom. The quantitative estimate of drug-likeness (QED) is 0.678. The van der Waals surface area contributed by atoms with E-state index in [1.165, 1.54) is 45.2 Å². The Morgan fingerprint density at radius 3 is 2.25 bits per heavy atom. The summed E-state index contributed by atoms with van der Waals surface area (Å²) < 4.78 is 0. The molecule has 1 N–H and O–H groups in total. The van der Waals surface area contributed by atoms with Crippen molar-refractivity contribution in [1.29, 1.82) is 0 Å². The van der Waals surface area contributed by atoms with E-state index in [1.807, 2.05) is 0 Å². The zero-order valence-electron chi connectivity index (χ0n) is 14.8. The molecule has 0 amide bonds. The van der Waals surface area contributed by atoms with Gasteiger partial charge in [0.2, 0.25) is 0 Å². The van der Waals surface area contributed by atoms with Crippen LogP contribution < -0.4 is 5.32 Å². The lowest BCUT2D eigenvalue weighted by Crippen LogP contribution is -2.49. The molecule has 2 nitrogen and oxygen atoms in total. The van der Waals surface area contributed by atoms with Gasteiger partial charge >= 0.3 is 0 Å². The van der Waals surface area contributed by atoms with E-state index in [-0.39, 0.29) is 0 Å². The van der Waals surface area contributed by atoms with Crippen LogP contribution in [0.15, 0.2) is 0 Å². The first-order valence-electron chi connectivity index (χ1n) is 8.84. The van der Waals surface area contributed by atoms with Crippen LogP contribution in [0.3, 0.4) is 0 Å². The minimum Gasteiger partial charge on any atom is -0.314 e. The molecular weight excluding hydrogens is 244 g/mol. The third-order valence-electron chi connectivity index (χ3n) is 5.13. The average molecular weight is 283 g/mol. The molecule has 0 spiro atoms. The molecule has 0 aromatic carbocycles. The number of hydrogen-bond acceptors (Lipinski definition) is 2. The molecule has 1 rings (SSSR count). The Balaban J connectivity index is 2.61. The van der Waals surface area contributed by atoms with Gasteiger partial charge in [-0.3, -0.25) is 4.90 Å². The SMILES string of the molecule is CCNC(C)C(C)(C)CN(CCC(C)C)C1CCCC1. The standard InChI is InChI=1S/C18H38N2/c1-7-19-16(4)18(5,6)14-20(13-12-15(2)3)17-10-8-9-11-17/h15-17,19H,7-14H2,1-6H3. The zero-order valence-corrected chi connectivity index (χ0v) is 14.8. The number of nitrogens with zero attached hydrogens (tertiary/aromatic N) is 1. The molecule has 120 valence electrons. The summed E-state index contributed by atoms with van der Waals surface area (Å²) in [5.41, 5.74) is 0.343. The Kier molecular flexibility index (Phi) is 7.53. The van der Waals surface area contributed by atoms with E-state index < -0.39 is 0 Å². The fourth-order valence-corrected chi connectivity index (χ4v) is 3.33. The molecule has 1 atom stereocenters. The van der Waals surface area contributed by atoms with Gasteiger partial charge in [-0.1, -0.05) is 47.5 Å². The first kappa shape index (κ1) is 18.0. The maximum absolute atomic E-state index is 3.62. The maximum Gasteiger partial charge on any atom is 0.0102 e. The molecule has 1 aliphatic rings. The molecule has 0 heterocycles. The second-order valence-electron chi connectivity index (χ2n) is 7.86. The molecule has 20 heavy (non-hydrogen) atoms. The summed E-state index contributed by atoms with van der Waals surface area (Å²) in [6.07, 6.45) is 7.05. The monoisotopic (exact) mass is 282 g/mol. The van der Waals surface area contributed by atoms with E-state index in [0.717, 1.165) is 18.5 Å². The molecule has 1 saturated carbocycles. The van der Waals surface area contributed by atoms with Crippen molar-refractivity contribution in [2.45, 2.75) is 85.7 Å². The van der Waals surface area contributed by atoms with E-state index >= 15 is 0 Å². The topological polar surface area (TPSA) is 15.3 Å². The van der Waals surface area contributed by atoms with Crippen molar-refractivity contribution in [3.63, 3.8) is 0 Å². The summed E-state index contributed by atoms with van der Waals surface area (Å²) in [4.78, 5) is 2.81. The van der Waals surface area contributed by atoms with Crippen molar-refractivity contribution in [2.24, 2.45) is 11.3 Å². The second-order valence-corrected chi connectivity index (χ2v) is 7.86. The third-order valence-corrected chi connectivity index (χ3v) is 5.13. The van der Waals surface area contributed by atoms with Gasteiger partial charge in [-0.15, -0.1) is 0 Å². The number of nitrogens with one attached hydrogen (secondary N) is 1. The summed E-state index contributed by atoms with van der Waals surface area (Å²) in [5.74, 6) is 0.813. The van der Waals surface area contributed by atoms with Crippen LogP contribution in [0.25, 0.3) is 0 Å². The van der Waals surface area contributed by atoms with Crippen LogP contribution in [0, 0.1) is 11.3 Å². The predicted octanol–water partition coefficient (Wildman–Crippen LogP) is 4.30. The van der Waals surface area contributed by atoms with Gasteiger partial charge in [-0.05, 0) is 50.6 Å². The van der Waals surface area contributed by atoms with E-state index in [9.17, 15) is 0 Å². The highest BCUT2D eigenvalue weighted by molar-refractivity contribution is 4.87. The van der Waals surface area contributed by atoms with Gasteiger partial charge in [0.25, 0.3) is 0 Å². The molecule has 0 saturated heterocycles. The first-order valence-corrected chi connectivity index (χ1v) is 8.84. The molecule has 0 aromatic heterocycles. The predicted molar refractivity (Wildman–Crippen MR) is 90.2 cm³/mol. The van der Waals surface area contributed by atoms with Gasteiger partial charge in [0.15, 0.2) is 0 Å². The van der Waals surface area contributed by atoms with Crippen LogP contribution in [0.5, 0.6) is 0 Å². The first-order chi connectivity index (χ1) is 9.36. The molecule has 0 aliphatic heterocycles. The molecule has 0 bridgehead atoms. The van der Waals surface area contributed by atoms with Crippen molar-refractivity contribution in [1.82, 2.24) is 10.2 Å². The van der Waals surface area contributed by atoms with Gasteiger partial charge in [-0.25, -0.2) is 0 Å². The smallest absolute Gasteiger partial charge is 0.0102 e. The lowest BCUT2D eigenvalue weighted by atomic mass is 9.84. The van der Waals surface area contributed by atoms with E-state index in [4.69, 9.17) is 0 Å². The van der Waals surface area contributed by atoms with E-state index in [2.05, 4.69) is 51.8 Å². The van der Waals surface area contributed by atoms with Crippen molar-refractivity contribution in [2.75, 3.05) is 19.6 Å². The molecule has 0 aromatic rings. The van der Waals surface area contributed by atoms with Gasteiger partial charge in [0.05, 0.1) is 0 Å². The molecule has 2 heteroatoms. The largest absolute Gasteiger partial charge is 0.314 e. The molecule has 0 radical (unpaired) electrons. The van der Waals surface area contributed by atoms with Crippen LogP contribution in [0.4, 0.5) is 0 Å². The van der Waals surface area contributed by atoms with E-state index in [0.29, 0.717) is 11.5 Å². The van der Waals surface area contributed by atoms with Gasteiger partial charge < -0.3 is 5.32 Å². The fraction of sp³-hybridized carbons (Fsp3) is 1.00. The lowest BCUT2D eigenvalue weighted by Gasteiger charge is -2.40. The van der Waals surface area contributed by atoms with Crippen molar-refractivity contribution in [3.05, 3.63) is 0 Å². The summed E-state index contributed by atoms with van der Waals surface area (Å²) in [7, 11) is 0. The molecule has 1 aliphatic carbocycles. The fourth-order valence-electron chi connectivity index (χ4n) is 3.33. The van der Waals surface area contributed by atoms with Crippen LogP contribution in [0.2, 0.25) is 0 Å². The Bertz CT molecular complexity index is 254. The third kappa shape index (κ3) is 5.73. The van der Waals surface area contributed by atoms with Crippen LogP contribution >= 0.6 is 0 Å². The highest BCUT2D eigenvalue weighted by atomic mass is 15.2. The molecule has 1 fully saturated rings.